The summed E-state index contributed by atoms with van der Waals surface area (Å²) in [6.45, 7) is 4.10. The Labute approximate surface area is 188 Å². The molecule has 1 unspecified atom stereocenters. The maximum Gasteiger partial charge on any atom is 0.411 e. The molecule has 1 aromatic rings. The monoisotopic (exact) mass is 447 g/mol. The molecule has 32 heavy (non-hydrogen) atoms. The SMILES string of the molecule is CCCN(C(=O)O)c1ccc(N2CCCC3(CCN(C4CCC(O)CC4)C3=O)C2)c(F)c1. The number of anilines is 2. The standard InChI is InChI=1S/C24H34FN3O4/c1-2-12-28(23(31)32)18-6-9-21(20(25)15-18)26-13-3-10-24(16-26)11-14-27(22(24)30)17-4-7-19(29)8-5-17/h6,9,15,17,19,29H,2-5,7-8,10-14,16H2,1H3,(H,31,32). The van der Waals surface area contributed by atoms with E-state index in [1.54, 1.807) is 12.1 Å². The number of carbonyl (C=O) groups is 2. The summed E-state index contributed by atoms with van der Waals surface area (Å²) in [6, 6.07) is 4.79. The van der Waals surface area contributed by atoms with Crippen LogP contribution in [0.1, 0.15) is 58.3 Å². The van der Waals surface area contributed by atoms with Crippen molar-refractivity contribution < 1.29 is 24.2 Å². The number of hydrogen-bond acceptors (Lipinski definition) is 4. The molecule has 3 aliphatic rings. The second-order valence-electron chi connectivity index (χ2n) is 9.59. The van der Waals surface area contributed by atoms with Gasteiger partial charge in [-0.1, -0.05) is 6.92 Å². The van der Waals surface area contributed by atoms with Crippen LogP contribution in [0.2, 0.25) is 0 Å². The van der Waals surface area contributed by atoms with Crippen LogP contribution >= 0.6 is 0 Å². The molecule has 1 aromatic carbocycles. The molecule has 0 aromatic heterocycles. The number of likely N-dealkylation sites (tertiary alicyclic amines) is 1. The Morgan fingerprint density at radius 2 is 1.97 bits per heavy atom. The molecule has 0 bridgehead atoms. The van der Waals surface area contributed by atoms with E-state index in [9.17, 15) is 19.8 Å². The minimum atomic E-state index is -1.09. The lowest BCUT2D eigenvalue weighted by molar-refractivity contribution is -0.139. The molecule has 176 valence electrons. The summed E-state index contributed by atoms with van der Waals surface area (Å²) in [6.07, 6.45) is 4.91. The first kappa shape index (κ1) is 22.8. The van der Waals surface area contributed by atoms with Gasteiger partial charge < -0.3 is 20.0 Å². The van der Waals surface area contributed by atoms with Gasteiger partial charge in [0.05, 0.1) is 22.9 Å². The highest BCUT2D eigenvalue weighted by Crippen LogP contribution is 2.44. The number of carboxylic acid groups (broad SMARTS) is 1. The van der Waals surface area contributed by atoms with Crippen molar-refractivity contribution in [3.05, 3.63) is 24.0 Å². The number of aliphatic hydroxyl groups is 1. The molecule has 2 saturated heterocycles. The molecule has 1 atom stereocenters. The lowest BCUT2D eigenvalue weighted by Gasteiger charge is -2.41. The topological polar surface area (TPSA) is 84.3 Å². The van der Waals surface area contributed by atoms with Crippen LogP contribution in [0.25, 0.3) is 0 Å². The predicted molar refractivity (Wildman–Crippen MR) is 121 cm³/mol. The Kier molecular flexibility index (Phi) is 6.60. The van der Waals surface area contributed by atoms with Gasteiger partial charge in [0.15, 0.2) is 0 Å². The van der Waals surface area contributed by atoms with Crippen LogP contribution in [-0.4, -0.2) is 65.4 Å². The first-order valence-corrected chi connectivity index (χ1v) is 11.9. The highest BCUT2D eigenvalue weighted by molar-refractivity contribution is 5.87. The summed E-state index contributed by atoms with van der Waals surface area (Å²) in [5.41, 5.74) is 0.283. The van der Waals surface area contributed by atoms with Gasteiger partial charge in [-0.25, -0.2) is 9.18 Å². The molecule has 1 saturated carbocycles. The summed E-state index contributed by atoms with van der Waals surface area (Å²) >= 11 is 0. The van der Waals surface area contributed by atoms with Crippen LogP contribution in [-0.2, 0) is 4.79 Å². The summed E-state index contributed by atoms with van der Waals surface area (Å²) in [5.74, 6) is -0.272. The Hall–Kier alpha value is -2.35. The molecule has 8 heteroatoms. The Balaban J connectivity index is 1.49. The zero-order valence-corrected chi connectivity index (χ0v) is 18.8. The second kappa shape index (κ2) is 9.25. The van der Waals surface area contributed by atoms with Crippen molar-refractivity contribution >= 4 is 23.4 Å². The smallest absolute Gasteiger partial charge is 0.411 e. The highest BCUT2D eigenvalue weighted by Gasteiger charge is 2.50. The van der Waals surface area contributed by atoms with Crippen LogP contribution in [0.15, 0.2) is 18.2 Å². The Bertz CT molecular complexity index is 858. The van der Waals surface area contributed by atoms with Gasteiger partial charge in [-0.3, -0.25) is 9.69 Å². The van der Waals surface area contributed by atoms with E-state index in [0.29, 0.717) is 37.4 Å². The number of piperidine rings is 1. The molecule has 2 amide bonds. The third kappa shape index (κ3) is 4.29. The van der Waals surface area contributed by atoms with Crippen molar-refractivity contribution in [3.8, 4) is 0 Å². The molecule has 7 nitrogen and oxygen atoms in total. The first-order chi connectivity index (χ1) is 15.3. The van der Waals surface area contributed by atoms with Crippen LogP contribution < -0.4 is 9.80 Å². The summed E-state index contributed by atoms with van der Waals surface area (Å²) in [4.78, 5) is 30.1. The molecule has 2 heterocycles. The van der Waals surface area contributed by atoms with Gasteiger partial charge in [-0.2, -0.15) is 0 Å². The molecular formula is C24H34FN3O4. The molecular weight excluding hydrogens is 413 g/mol. The average molecular weight is 448 g/mol. The normalized spacial score (nSPS) is 28.4. The largest absolute Gasteiger partial charge is 0.465 e. The number of aliphatic hydroxyl groups excluding tert-OH is 1. The van der Waals surface area contributed by atoms with Gasteiger partial charge in [-0.05, 0) is 69.6 Å². The summed E-state index contributed by atoms with van der Waals surface area (Å²) in [7, 11) is 0. The fourth-order valence-corrected chi connectivity index (χ4v) is 5.76. The van der Waals surface area contributed by atoms with Gasteiger partial charge in [0.25, 0.3) is 0 Å². The van der Waals surface area contributed by atoms with Crippen molar-refractivity contribution in [2.24, 2.45) is 5.41 Å². The van der Waals surface area contributed by atoms with Crippen molar-refractivity contribution in [3.63, 3.8) is 0 Å². The highest BCUT2D eigenvalue weighted by atomic mass is 19.1. The number of amides is 2. The third-order valence-electron chi connectivity index (χ3n) is 7.49. The van der Waals surface area contributed by atoms with Gasteiger partial charge in [0.2, 0.25) is 5.91 Å². The first-order valence-electron chi connectivity index (χ1n) is 11.9. The van der Waals surface area contributed by atoms with Crippen LogP contribution in [0.5, 0.6) is 0 Å². The molecule has 3 fully saturated rings. The van der Waals surface area contributed by atoms with E-state index in [1.807, 2.05) is 16.7 Å². The fourth-order valence-electron chi connectivity index (χ4n) is 5.76. The van der Waals surface area contributed by atoms with E-state index < -0.39 is 17.3 Å². The molecule has 2 N–H and O–H groups in total. The van der Waals surface area contributed by atoms with Crippen LogP contribution in [0.3, 0.4) is 0 Å². The quantitative estimate of drug-likeness (QED) is 0.717. The van der Waals surface area contributed by atoms with E-state index in [1.165, 1.54) is 6.07 Å². The maximum atomic E-state index is 15.1. The number of hydrogen-bond donors (Lipinski definition) is 2. The molecule has 1 spiro atoms. The van der Waals surface area contributed by atoms with Crippen molar-refractivity contribution in [1.29, 1.82) is 0 Å². The Morgan fingerprint density at radius 3 is 2.62 bits per heavy atom. The molecule has 0 radical (unpaired) electrons. The second-order valence-corrected chi connectivity index (χ2v) is 9.59. The summed E-state index contributed by atoms with van der Waals surface area (Å²) < 4.78 is 15.1. The fraction of sp³-hybridized carbons (Fsp3) is 0.667. The third-order valence-corrected chi connectivity index (χ3v) is 7.49. The minimum Gasteiger partial charge on any atom is -0.465 e. The number of rotatable bonds is 5. The Morgan fingerprint density at radius 1 is 1.22 bits per heavy atom. The van der Waals surface area contributed by atoms with Gasteiger partial charge in [0, 0.05) is 32.2 Å². The van der Waals surface area contributed by atoms with E-state index >= 15 is 4.39 Å². The maximum absolute atomic E-state index is 15.1. The van der Waals surface area contributed by atoms with E-state index in [0.717, 1.165) is 56.4 Å². The number of benzene rings is 1. The number of halogens is 1. The van der Waals surface area contributed by atoms with Crippen LogP contribution in [0.4, 0.5) is 20.6 Å². The van der Waals surface area contributed by atoms with E-state index in [4.69, 9.17) is 0 Å². The van der Waals surface area contributed by atoms with E-state index in [-0.39, 0.29) is 18.1 Å². The average Bonchev–Trinajstić information content (AvgIpc) is 3.07. The van der Waals surface area contributed by atoms with Gasteiger partial charge >= 0.3 is 6.09 Å². The zero-order chi connectivity index (χ0) is 22.9. The predicted octanol–water partition coefficient (Wildman–Crippen LogP) is 3.84. The lowest BCUT2D eigenvalue weighted by atomic mass is 9.78. The van der Waals surface area contributed by atoms with Crippen molar-refractivity contribution in [2.45, 2.75) is 70.4 Å². The zero-order valence-electron chi connectivity index (χ0n) is 18.8. The number of carbonyl (C=O) groups excluding carboxylic acids is 1. The molecule has 4 rings (SSSR count). The van der Waals surface area contributed by atoms with E-state index in [2.05, 4.69) is 0 Å². The molecule has 1 aliphatic carbocycles. The molecule has 2 aliphatic heterocycles. The van der Waals surface area contributed by atoms with Gasteiger partial charge in [0.1, 0.15) is 5.82 Å². The summed E-state index contributed by atoms with van der Waals surface area (Å²) in [5, 5.41) is 19.2. The van der Waals surface area contributed by atoms with Crippen molar-refractivity contribution in [1.82, 2.24) is 4.90 Å². The lowest BCUT2D eigenvalue weighted by Crippen LogP contribution is -2.50. The van der Waals surface area contributed by atoms with Gasteiger partial charge in [-0.15, -0.1) is 0 Å². The number of nitrogens with zero attached hydrogens (tertiary/aromatic N) is 3. The minimum absolute atomic E-state index is 0.181. The van der Waals surface area contributed by atoms with Crippen LogP contribution in [0, 0.1) is 11.2 Å². The van der Waals surface area contributed by atoms with Crippen molar-refractivity contribution in [2.75, 3.05) is 36.0 Å².